The van der Waals surface area contributed by atoms with Crippen molar-refractivity contribution < 1.29 is 4.74 Å². The highest BCUT2D eigenvalue weighted by molar-refractivity contribution is 5.78. The Kier molecular flexibility index (Phi) is 6.96. The third-order valence-corrected chi connectivity index (χ3v) is 6.35. The Bertz CT molecular complexity index is 420. The van der Waals surface area contributed by atoms with E-state index in [9.17, 15) is 0 Å². The second-order valence-corrected chi connectivity index (χ2v) is 8.16. The highest BCUT2D eigenvalue weighted by Crippen LogP contribution is 2.30. The summed E-state index contributed by atoms with van der Waals surface area (Å²) in [7, 11) is 2.22. The summed E-state index contributed by atoms with van der Waals surface area (Å²) in [4.78, 5) is 9.87. The summed E-state index contributed by atoms with van der Waals surface area (Å²) in [5.74, 6) is 0.651. The smallest absolute Gasteiger partial charge is 0.188 e. The molecule has 6 nitrogen and oxygen atoms in total. The number of ether oxygens (including phenoxy) is 1. The SMILES string of the molecule is CN1CCC(CN=C(N)NC2CCCCCC2)(N2CCOCC2)CC1. The van der Waals surface area contributed by atoms with Gasteiger partial charge in [0.2, 0.25) is 0 Å². The number of hydrogen-bond acceptors (Lipinski definition) is 4. The molecule has 25 heavy (non-hydrogen) atoms. The van der Waals surface area contributed by atoms with Gasteiger partial charge in [0.05, 0.1) is 19.8 Å². The van der Waals surface area contributed by atoms with Gasteiger partial charge >= 0.3 is 0 Å². The molecule has 1 aliphatic carbocycles. The fraction of sp³-hybridized carbons (Fsp3) is 0.947. The molecule has 6 heteroatoms. The van der Waals surface area contributed by atoms with Gasteiger partial charge in [-0.15, -0.1) is 0 Å². The van der Waals surface area contributed by atoms with Gasteiger partial charge in [0.25, 0.3) is 0 Å². The van der Waals surface area contributed by atoms with E-state index in [1.165, 1.54) is 51.4 Å². The molecule has 0 spiro atoms. The summed E-state index contributed by atoms with van der Waals surface area (Å²) in [5, 5.41) is 3.50. The first kappa shape index (κ1) is 18.9. The van der Waals surface area contributed by atoms with E-state index in [0.29, 0.717) is 12.0 Å². The topological polar surface area (TPSA) is 66.1 Å². The molecule has 3 rings (SSSR count). The lowest BCUT2D eigenvalue weighted by Gasteiger charge is -2.49. The Morgan fingerprint density at radius 2 is 1.72 bits per heavy atom. The van der Waals surface area contributed by atoms with Gasteiger partial charge in [0, 0.05) is 24.7 Å². The maximum absolute atomic E-state index is 6.27. The molecule has 3 fully saturated rings. The van der Waals surface area contributed by atoms with Crippen molar-refractivity contribution in [2.75, 3.05) is 53.0 Å². The molecule has 0 aromatic rings. The Morgan fingerprint density at radius 1 is 1.08 bits per heavy atom. The molecular weight excluding hydrogens is 314 g/mol. The van der Waals surface area contributed by atoms with Crippen molar-refractivity contribution in [3.8, 4) is 0 Å². The van der Waals surface area contributed by atoms with Crippen LogP contribution in [0.15, 0.2) is 4.99 Å². The van der Waals surface area contributed by atoms with Gasteiger partial charge in [-0.05, 0) is 45.8 Å². The third kappa shape index (κ3) is 5.31. The molecule has 3 N–H and O–H groups in total. The van der Waals surface area contributed by atoms with Crippen LogP contribution in [0.5, 0.6) is 0 Å². The molecule has 0 amide bonds. The van der Waals surface area contributed by atoms with E-state index in [1.54, 1.807) is 0 Å². The predicted molar refractivity (Wildman–Crippen MR) is 103 cm³/mol. The average molecular weight is 352 g/mol. The first-order valence-corrected chi connectivity index (χ1v) is 10.3. The first-order chi connectivity index (χ1) is 12.2. The van der Waals surface area contributed by atoms with Gasteiger partial charge in [-0.1, -0.05) is 25.7 Å². The minimum Gasteiger partial charge on any atom is -0.379 e. The molecule has 144 valence electrons. The molecule has 0 atom stereocenters. The van der Waals surface area contributed by atoms with E-state index in [4.69, 9.17) is 15.5 Å². The monoisotopic (exact) mass is 351 g/mol. The summed E-state index contributed by atoms with van der Waals surface area (Å²) in [6, 6.07) is 0.517. The average Bonchev–Trinajstić information content (AvgIpc) is 2.91. The van der Waals surface area contributed by atoms with E-state index >= 15 is 0 Å². The normalized spacial score (nSPS) is 27.8. The van der Waals surface area contributed by atoms with Gasteiger partial charge in [-0.25, -0.2) is 0 Å². The zero-order chi connectivity index (χ0) is 17.5. The molecule has 3 aliphatic rings. The van der Waals surface area contributed by atoms with E-state index < -0.39 is 0 Å². The fourth-order valence-electron chi connectivity index (χ4n) is 4.56. The molecular formula is C19H37N5O. The lowest BCUT2D eigenvalue weighted by atomic mass is 9.85. The zero-order valence-corrected chi connectivity index (χ0v) is 16.0. The minimum atomic E-state index is 0.159. The van der Waals surface area contributed by atoms with Crippen LogP contribution in [0.4, 0.5) is 0 Å². The van der Waals surface area contributed by atoms with Crippen molar-refractivity contribution in [3.63, 3.8) is 0 Å². The Balaban J connectivity index is 1.60. The third-order valence-electron chi connectivity index (χ3n) is 6.35. The first-order valence-electron chi connectivity index (χ1n) is 10.3. The molecule has 2 aliphatic heterocycles. The predicted octanol–water partition coefficient (Wildman–Crippen LogP) is 1.41. The minimum absolute atomic E-state index is 0.159. The van der Waals surface area contributed by atoms with E-state index in [0.717, 1.165) is 45.9 Å². The van der Waals surface area contributed by atoms with Crippen LogP contribution in [0.2, 0.25) is 0 Å². The van der Waals surface area contributed by atoms with Crippen molar-refractivity contribution in [2.45, 2.75) is 62.9 Å². The van der Waals surface area contributed by atoms with Crippen LogP contribution >= 0.6 is 0 Å². The van der Waals surface area contributed by atoms with Crippen LogP contribution in [0.25, 0.3) is 0 Å². The Labute approximate surface area is 153 Å². The molecule has 1 saturated carbocycles. The lowest BCUT2D eigenvalue weighted by Crippen LogP contribution is -2.60. The number of morpholine rings is 1. The number of likely N-dealkylation sites (tertiary alicyclic amines) is 1. The van der Waals surface area contributed by atoms with Crippen molar-refractivity contribution in [1.82, 2.24) is 15.1 Å². The van der Waals surface area contributed by atoms with Crippen molar-refractivity contribution >= 4 is 5.96 Å². The van der Waals surface area contributed by atoms with Crippen LogP contribution in [-0.4, -0.2) is 80.3 Å². The van der Waals surface area contributed by atoms with Crippen LogP contribution in [0.1, 0.15) is 51.4 Å². The fourth-order valence-corrected chi connectivity index (χ4v) is 4.56. The molecule has 0 unspecified atom stereocenters. The van der Waals surface area contributed by atoms with Gasteiger partial charge in [0.1, 0.15) is 0 Å². The molecule has 0 bridgehead atoms. The Morgan fingerprint density at radius 3 is 2.36 bits per heavy atom. The molecule has 2 saturated heterocycles. The van der Waals surface area contributed by atoms with E-state index in [2.05, 4.69) is 22.2 Å². The summed E-state index contributed by atoms with van der Waals surface area (Å²) >= 11 is 0. The van der Waals surface area contributed by atoms with Crippen LogP contribution in [-0.2, 0) is 4.74 Å². The number of piperidine rings is 1. The molecule has 0 aromatic heterocycles. The summed E-state index contributed by atoms with van der Waals surface area (Å²) < 4.78 is 5.57. The largest absolute Gasteiger partial charge is 0.379 e. The van der Waals surface area contributed by atoms with Gasteiger partial charge < -0.3 is 20.7 Å². The van der Waals surface area contributed by atoms with Gasteiger partial charge in [-0.2, -0.15) is 0 Å². The summed E-state index contributed by atoms with van der Waals surface area (Å²) in [6.07, 6.45) is 10.2. The van der Waals surface area contributed by atoms with E-state index in [-0.39, 0.29) is 5.54 Å². The lowest BCUT2D eigenvalue weighted by molar-refractivity contribution is -0.0411. The van der Waals surface area contributed by atoms with Crippen molar-refractivity contribution in [2.24, 2.45) is 10.7 Å². The summed E-state index contributed by atoms with van der Waals surface area (Å²) in [5.41, 5.74) is 6.43. The number of nitrogens with zero attached hydrogens (tertiary/aromatic N) is 3. The van der Waals surface area contributed by atoms with Gasteiger partial charge in [-0.3, -0.25) is 9.89 Å². The molecule has 0 radical (unpaired) electrons. The molecule has 0 aromatic carbocycles. The number of rotatable bonds is 4. The maximum atomic E-state index is 6.27. The van der Waals surface area contributed by atoms with Crippen molar-refractivity contribution in [3.05, 3.63) is 0 Å². The standard InChI is InChI=1S/C19H37N5O/c1-23-10-8-19(9-11-23,24-12-14-25-15-13-24)16-21-18(20)22-17-6-4-2-3-5-7-17/h17H,2-16H2,1H3,(H3,20,21,22). The number of guanidine groups is 1. The summed E-state index contributed by atoms with van der Waals surface area (Å²) in [6.45, 7) is 6.83. The number of nitrogens with one attached hydrogen (secondary N) is 1. The van der Waals surface area contributed by atoms with Crippen LogP contribution in [0, 0.1) is 0 Å². The number of hydrogen-bond donors (Lipinski definition) is 2. The molecule has 2 heterocycles. The quantitative estimate of drug-likeness (QED) is 0.455. The van der Waals surface area contributed by atoms with Crippen LogP contribution < -0.4 is 11.1 Å². The highest BCUT2D eigenvalue weighted by atomic mass is 16.5. The highest BCUT2D eigenvalue weighted by Gasteiger charge is 2.39. The van der Waals surface area contributed by atoms with Gasteiger partial charge in [0.15, 0.2) is 5.96 Å². The zero-order valence-electron chi connectivity index (χ0n) is 16.0. The second kappa shape index (κ2) is 9.19. The van der Waals surface area contributed by atoms with Crippen molar-refractivity contribution in [1.29, 1.82) is 0 Å². The second-order valence-electron chi connectivity index (χ2n) is 8.16. The van der Waals surface area contributed by atoms with E-state index in [1.807, 2.05) is 0 Å². The maximum Gasteiger partial charge on any atom is 0.188 e. The number of aliphatic imine (C=N–C) groups is 1. The van der Waals surface area contributed by atoms with Crippen LogP contribution in [0.3, 0.4) is 0 Å². The number of nitrogens with two attached hydrogens (primary N) is 1. The Hall–Kier alpha value is -0.850.